The van der Waals surface area contributed by atoms with Crippen LogP contribution in [0.1, 0.15) is 59.8 Å². The normalized spacial score (nSPS) is 23.4. The number of fused-ring (bicyclic) bond motifs is 1. The van der Waals surface area contributed by atoms with Crippen molar-refractivity contribution in [1.82, 2.24) is 24.7 Å². The van der Waals surface area contributed by atoms with Crippen molar-refractivity contribution < 1.29 is 14.6 Å². The van der Waals surface area contributed by atoms with Crippen LogP contribution < -0.4 is 5.32 Å². The van der Waals surface area contributed by atoms with E-state index in [9.17, 15) is 9.90 Å². The van der Waals surface area contributed by atoms with E-state index >= 15 is 0 Å². The first-order valence-electron chi connectivity index (χ1n) is 14.7. The third kappa shape index (κ3) is 7.39. The van der Waals surface area contributed by atoms with Gasteiger partial charge in [0.1, 0.15) is 5.60 Å². The molecular weight excluding hydrogens is 609 g/mol. The molecule has 2 aliphatic heterocycles. The number of benzene rings is 2. The molecule has 236 valence electrons. The van der Waals surface area contributed by atoms with Crippen LogP contribution in [0.5, 0.6) is 0 Å². The number of piperazine rings is 1. The Bertz CT molecular complexity index is 1300. The minimum absolute atomic E-state index is 0. The average Bonchev–Trinajstić information content (AvgIpc) is 3.61. The van der Waals surface area contributed by atoms with E-state index in [0.717, 1.165) is 69.7 Å². The summed E-state index contributed by atoms with van der Waals surface area (Å²) < 4.78 is 7.52. The number of nitrogens with one attached hydrogen (secondary N) is 1. The molecule has 0 bridgehead atoms. The molecule has 3 atom stereocenters. The number of carbonyl (C=O) groups excluding carboxylic acids is 1. The summed E-state index contributed by atoms with van der Waals surface area (Å²) in [4.78, 5) is 23.5. The highest BCUT2D eigenvalue weighted by molar-refractivity contribution is 5.98. The predicted octanol–water partition coefficient (Wildman–Crippen LogP) is 5.13. The molecule has 1 saturated carbocycles. The first kappa shape index (κ1) is 35.3. The average molecular weight is 653 g/mol. The third-order valence-electron chi connectivity index (χ3n) is 9.03. The van der Waals surface area contributed by atoms with E-state index in [1.807, 2.05) is 35.2 Å². The fourth-order valence-electron chi connectivity index (χ4n) is 6.97. The largest absolute Gasteiger partial charge is 0.385 e. The maximum Gasteiger partial charge on any atom is 0.275 e. The summed E-state index contributed by atoms with van der Waals surface area (Å²) >= 11 is 0. The Balaban J connectivity index is 0.00000169. The predicted molar refractivity (Wildman–Crippen MR) is 177 cm³/mol. The second-order valence-corrected chi connectivity index (χ2v) is 11.6. The monoisotopic (exact) mass is 651 g/mol. The molecular formula is C32H44Cl3N5O3. The summed E-state index contributed by atoms with van der Waals surface area (Å²) in [6, 6.07) is 18.6. The minimum atomic E-state index is -0.998. The van der Waals surface area contributed by atoms with Gasteiger partial charge in [0.2, 0.25) is 0 Å². The molecule has 3 heterocycles. The summed E-state index contributed by atoms with van der Waals surface area (Å²) in [6.07, 6.45) is 6.14. The molecule has 0 unspecified atom stereocenters. The summed E-state index contributed by atoms with van der Waals surface area (Å²) in [6.45, 7) is 5.35. The number of hydrogen-bond acceptors (Lipinski definition) is 6. The zero-order valence-corrected chi connectivity index (χ0v) is 27.1. The molecule has 8 nitrogen and oxygen atoms in total. The Labute approximate surface area is 273 Å². The SMILES string of the molecule is COC[C@]1(O)CCCC[C@H]1n1cnc(C(=O)N2CCNC[C@H]2CCN2Cc3ccccc3C2)c1-c1ccccc1.Cl.Cl.Cl. The Morgan fingerprint density at radius 3 is 2.44 bits per heavy atom. The molecule has 2 aromatic carbocycles. The standard InChI is InChI=1S/C32H41N5O3.3ClH/c1-40-22-32(39)15-8-7-13-28(32)37-23-34-29(30(37)24-9-3-2-4-10-24)31(38)36-18-16-33-19-27(36)14-17-35-20-25-11-5-6-12-26(25)21-35;;;/h2-6,9-12,23,27-28,33,39H,7-8,13-22H2,1H3;3*1H/t27-,28-,32-;;;/m1.../s1. The van der Waals surface area contributed by atoms with E-state index in [2.05, 4.69) is 39.0 Å². The van der Waals surface area contributed by atoms with Crippen LogP contribution in [-0.2, 0) is 17.8 Å². The highest BCUT2D eigenvalue weighted by Gasteiger charge is 2.42. The first-order chi connectivity index (χ1) is 19.6. The van der Waals surface area contributed by atoms with Gasteiger partial charge in [0.15, 0.2) is 5.69 Å². The molecule has 1 saturated heterocycles. The number of rotatable bonds is 8. The topological polar surface area (TPSA) is 82.9 Å². The van der Waals surface area contributed by atoms with Gasteiger partial charge in [-0.3, -0.25) is 9.69 Å². The van der Waals surface area contributed by atoms with Gasteiger partial charge in [-0.05, 0) is 30.4 Å². The van der Waals surface area contributed by atoms with Crippen molar-refractivity contribution in [2.75, 3.05) is 39.9 Å². The van der Waals surface area contributed by atoms with Gasteiger partial charge in [-0.15, -0.1) is 37.2 Å². The third-order valence-corrected chi connectivity index (χ3v) is 9.03. The van der Waals surface area contributed by atoms with Crippen molar-refractivity contribution in [2.24, 2.45) is 0 Å². The molecule has 1 aliphatic carbocycles. The van der Waals surface area contributed by atoms with E-state index in [-0.39, 0.29) is 61.8 Å². The fraction of sp³-hybridized carbons (Fsp3) is 0.500. The van der Waals surface area contributed by atoms with Crippen LogP contribution in [0.4, 0.5) is 0 Å². The lowest BCUT2D eigenvalue weighted by atomic mass is 9.80. The Hall–Kier alpha value is -2.17. The highest BCUT2D eigenvalue weighted by Crippen LogP contribution is 2.41. The van der Waals surface area contributed by atoms with Crippen molar-refractivity contribution in [1.29, 1.82) is 0 Å². The van der Waals surface area contributed by atoms with Crippen LogP contribution in [0, 0.1) is 0 Å². The second-order valence-electron chi connectivity index (χ2n) is 11.6. The lowest BCUT2D eigenvalue weighted by Crippen LogP contribution is -2.54. The van der Waals surface area contributed by atoms with Crippen molar-refractivity contribution in [2.45, 2.75) is 62.9 Å². The van der Waals surface area contributed by atoms with Crippen molar-refractivity contribution in [3.8, 4) is 11.3 Å². The molecule has 11 heteroatoms. The maximum atomic E-state index is 14.3. The van der Waals surface area contributed by atoms with Gasteiger partial charge in [-0.1, -0.05) is 67.4 Å². The number of ether oxygens (including phenoxy) is 1. The Morgan fingerprint density at radius 1 is 1.05 bits per heavy atom. The molecule has 3 aliphatic rings. The lowest BCUT2D eigenvalue weighted by molar-refractivity contribution is -0.0893. The Morgan fingerprint density at radius 2 is 1.74 bits per heavy atom. The van der Waals surface area contributed by atoms with Crippen molar-refractivity contribution in [3.05, 3.63) is 77.7 Å². The number of aromatic nitrogens is 2. The molecule has 6 rings (SSSR count). The summed E-state index contributed by atoms with van der Waals surface area (Å²) in [5.41, 5.74) is 4.02. The molecule has 1 aromatic heterocycles. The van der Waals surface area contributed by atoms with Gasteiger partial charge < -0.3 is 24.6 Å². The molecule has 43 heavy (non-hydrogen) atoms. The van der Waals surface area contributed by atoms with Gasteiger partial charge in [0, 0.05) is 58.0 Å². The number of carbonyl (C=O) groups is 1. The molecule has 1 amide bonds. The number of methoxy groups -OCH3 is 1. The first-order valence-corrected chi connectivity index (χ1v) is 14.7. The second kappa shape index (κ2) is 15.7. The van der Waals surface area contributed by atoms with Crippen LogP contribution >= 0.6 is 37.2 Å². The Kier molecular flexibility index (Phi) is 12.9. The van der Waals surface area contributed by atoms with E-state index in [0.29, 0.717) is 18.7 Å². The van der Waals surface area contributed by atoms with Crippen molar-refractivity contribution in [3.63, 3.8) is 0 Å². The van der Waals surface area contributed by atoms with Crippen LogP contribution in [0.2, 0.25) is 0 Å². The number of imidazole rings is 1. The summed E-state index contributed by atoms with van der Waals surface area (Å²) in [7, 11) is 1.63. The quantitative estimate of drug-likeness (QED) is 0.351. The summed E-state index contributed by atoms with van der Waals surface area (Å²) in [5.74, 6) is -0.0279. The fourth-order valence-corrected chi connectivity index (χ4v) is 6.97. The number of halogens is 3. The molecule has 0 spiro atoms. The van der Waals surface area contributed by atoms with Crippen LogP contribution in [-0.4, -0.2) is 81.9 Å². The van der Waals surface area contributed by atoms with Crippen LogP contribution in [0.15, 0.2) is 60.9 Å². The zero-order chi connectivity index (χ0) is 27.5. The number of aliphatic hydroxyl groups is 1. The highest BCUT2D eigenvalue weighted by atomic mass is 35.5. The van der Waals surface area contributed by atoms with Gasteiger partial charge >= 0.3 is 0 Å². The number of amides is 1. The van der Waals surface area contributed by atoms with E-state index in [4.69, 9.17) is 9.72 Å². The lowest BCUT2D eigenvalue weighted by Gasteiger charge is -2.41. The maximum absolute atomic E-state index is 14.3. The van der Waals surface area contributed by atoms with Gasteiger partial charge in [0.05, 0.1) is 24.7 Å². The molecule has 2 fully saturated rings. The van der Waals surface area contributed by atoms with Crippen LogP contribution in [0.25, 0.3) is 11.3 Å². The molecule has 0 radical (unpaired) electrons. The smallest absolute Gasteiger partial charge is 0.275 e. The summed E-state index contributed by atoms with van der Waals surface area (Å²) in [5, 5.41) is 15.2. The zero-order valence-electron chi connectivity index (χ0n) is 24.7. The van der Waals surface area contributed by atoms with Gasteiger partial charge in [-0.25, -0.2) is 4.98 Å². The van der Waals surface area contributed by atoms with E-state index < -0.39 is 5.60 Å². The van der Waals surface area contributed by atoms with Crippen molar-refractivity contribution >= 4 is 43.1 Å². The van der Waals surface area contributed by atoms with E-state index in [1.165, 1.54) is 11.1 Å². The molecule has 3 aromatic rings. The van der Waals surface area contributed by atoms with Crippen LogP contribution in [0.3, 0.4) is 0 Å². The molecule has 2 N–H and O–H groups in total. The van der Waals surface area contributed by atoms with Gasteiger partial charge in [0.25, 0.3) is 5.91 Å². The van der Waals surface area contributed by atoms with Gasteiger partial charge in [-0.2, -0.15) is 0 Å². The number of hydrogen-bond donors (Lipinski definition) is 2. The number of nitrogens with zero attached hydrogens (tertiary/aromatic N) is 4. The van der Waals surface area contributed by atoms with E-state index in [1.54, 1.807) is 13.4 Å². The minimum Gasteiger partial charge on any atom is -0.385 e.